The largest absolute Gasteiger partial charge is 0.376 e. The number of carbonyl (C=O) groups is 1. The second-order valence-corrected chi connectivity index (χ2v) is 1.71. The Kier molecular flexibility index (Phi) is 1.46. The van der Waals surface area contributed by atoms with Gasteiger partial charge in [0.15, 0.2) is 11.8 Å². The lowest BCUT2D eigenvalue weighted by Crippen LogP contribution is -2.34. The van der Waals surface area contributed by atoms with E-state index >= 15 is 0 Å². The molecule has 0 amide bonds. The molecule has 0 saturated heterocycles. The highest BCUT2D eigenvalue weighted by Gasteiger charge is 2.27. The molecule has 1 heterocycles. The Morgan fingerprint density at radius 3 is 2.56 bits per heavy atom. The first-order valence-corrected chi connectivity index (χ1v) is 2.46. The summed E-state index contributed by atoms with van der Waals surface area (Å²) in [5.41, 5.74) is 0. The lowest BCUT2D eigenvalue weighted by Gasteiger charge is -2.05. The van der Waals surface area contributed by atoms with E-state index in [1.807, 2.05) is 0 Å². The average molecular weight is 133 g/mol. The zero-order valence-electron chi connectivity index (χ0n) is 4.47. The summed E-state index contributed by atoms with van der Waals surface area (Å²) in [5.74, 6) is -0.551. The van der Waals surface area contributed by atoms with Crippen LogP contribution in [-0.2, 0) is 4.79 Å². The van der Waals surface area contributed by atoms with E-state index in [9.17, 15) is 13.6 Å². The highest BCUT2D eigenvalue weighted by Crippen LogP contribution is 2.06. The summed E-state index contributed by atoms with van der Waals surface area (Å²) < 4.78 is 23.3. The molecule has 0 aromatic carbocycles. The molecule has 2 nitrogen and oxygen atoms in total. The molecule has 1 N–H and O–H groups in total. The van der Waals surface area contributed by atoms with Gasteiger partial charge in [-0.3, -0.25) is 4.79 Å². The average Bonchev–Trinajstić information content (AvgIpc) is 2.13. The second-order valence-electron chi connectivity index (χ2n) is 1.71. The van der Waals surface area contributed by atoms with E-state index < -0.39 is 18.3 Å². The van der Waals surface area contributed by atoms with E-state index in [-0.39, 0.29) is 0 Å². The first-order valence-electron chi connectivity index (χ1n) is 2.46. The standard InChI is InChI=1S/C5H5F2NO/c6-5(7)4-3(9)1-2-8-4/h1-2,4-5,8H. The molecule has 0 saturated carbocycles. The number of alkyl halides is 2. The minimum atomic E-state index is -2.60. The lowest BCUT2D eigenvalue weighted by atomic mass is 10.2. The van der Waals surface area contributed by atoms with Gasteiger partial charge in [-0.25, -0.2) is 8.78 Å². The summed E-state index contributed by atoms with van der Waals surface area (Å²) in [4.78, 5) is 10.4. The van der Waals surface area contributed by atoms with Crippen LogP contribution in [0.5, 0.6) is 0 Å². The lowest BCUT2D eigenvalue weighted by molar-refractivity contribution is -0.118. The van der Waals surface area contributed by atoms with E-state index in [0.717, 1.165) is 6.08 Å². The highest BCUT2D eigenvalue weighted by atomic mass is 19.3. The van der Waals surface area contributed by atoms with E-state index in [0.29, 0.717) is 0 Å². The van der Waals surface area contributed by atoms with Crippen LogP contribution >= 0.6 is 0 Å². The number of rotatable bonds is 1. The fraction of sp³-hybridized carbons (Fsp3) is 0.400. The van der Waals surface area contributed by atoms with E-state index in [2.05, 4.69) is 5.32 Å². The molecule has 1 aliphatic rings. The fourth-order valence-corrected chi connectivity index (χ4v) is 0.617. The van der Waals surface area contributed by atoms with Crippen molar-refractivity contribution < 1.29 is 13.6 Å². The molecule has 0 radical (unpaired) electrons. The first kappa shape index (κ1) is 6.19. The predicted molar refractivity (Wildman–Crippen MR) is 27.1 cm³/mol. The fourth-order valence-electron chi connectivity index (χ4n) is 0.617. The SMILES string of the molecule is O=C1C=CNC1C(F)F. The van der Waals surface area contributed by atoms with Gasteiger partial charge in [0.2, 0.25) is 0 Å². The molecule has 4 heteroatoms. The highest BCUT2D eigenvalue weighted by molar-refractivity contribution is 5.96. The van der Waals surface area contributed by atoms with Crippen molar-refractivity contribution >= 4 is 5.78 Å². The Labute approximate surface area is 50.5 Å². The van der Waals surface area contributed by atoms with Crippen molar-refractivity contribution in [3.63, 3.8) is 0 Å². The van der Waals surface area contributed by atoms with Gasteiger partial charge in [-0.1, -0.05) is 0 Å². The number of ketones is 1. The number of carbonyl (C=O) groups excluding carboxylic acids is 1. The van der Waals surface area contributed by atoms with Crippen molar-refractivity contribution in [2.24, 2.45) is 0 Å². The molecule has 0 spiro atoms. The molecule has 0 bridgehead atoms. The molecular weight excluding hydrogens is 128 g/mol. The van der Waals surface area contributed by atoms with Crippen LogP contribution < -0.4 is 5.32 Å². The Morgan fingerprint density at radius 1 is 1.67 bits per heavy atom. The molecule has 0 fully saturated rings. The molecule has 1 aliphatic heterocycles. The van der Waals surface area contributed by atoms with E-state index in [1.54, 1.807) is 0 Å². The van der Waals surface area contributed by atoms with Crippen molar-refractivity contribution in [2.75, 3.05) is 0 Å². The molecule has 9 heavy (non-hydrogen) atoms. The van der Waals surface area contributed by atoms with Gasteiger partial charge in [-0.05, 0) is 6.08 Å². The maximum atomic E-state index is 11.7. The van der Waals surface area contributed by atoms with Crippen LogP contribution in [-0.4, -0.2) is 18.3 Å². The van der Waals surface area contributed by atoms with Crippen molar-refractivity contribution in [1.29, 1.82) is 0 Å². The van der Waals surface area contributed by atoms with Gasteiger partial charge >= 0.3 is 0 Å². The second kappa shape index (κ2) is 2.13. The number of nitrogens with one attached hydrogen (secondary N) is 1. The molecule has 1 unspecified atom stereocenters. The maximum Gasteiger partial charge on any atom is 0.265 e. The van der Waals surface area contributed by atoms with Crippen molar-refractivity contribution in [2.45, 2.75) is 12.5 Å². The molecule has 0 aliphatic carbocycles. The minimum Gasteiger partial charge on any atom is -0.376 e. The monoisotopic (exact) mass is 133 g/mol. The molecule has 0 aromatic rings. The number of hydrogen-bond acceptors (Lipinski definition) is 2. The number of hydrogen-bond donors (Lipinski definition) is 1. The van der Waals surface area contributed by atoms with Crippen molar-refractivity contribution in [3.05, 3.63) is 12.3 Å². The number of halogens is 2. The molecule has 50 valence electrons. The molecule has 0 aromatic heterocycles. The predicted octanol–water partition coefficient (Wildman–Crippen LogP) is 0.306. The summed E-state index contributed by atoms with van der Waals surface area (Å²) >= 11 is 0. The summed E-state index contributed by atoms with van der Waals surface area (Å²) in [6, 6.07) is -1.30. The molecule has 1 atom stereocenters. The summed E-state index contributed by atoms with van der Waals surface area (Å²) in [7, 11) is 0. The Balaban J connectivity index is 2.56. The van der Waals surface area contributed by atoms with Crippen LogP contribution in [0.2, 0.25) is 0 Å². The smallest absolute Gasteiger partial charge is 0.265 e. The summed E-state index contributed by atoms with van der Waals surface area (Å²) in [6.45, 7) is 0. The Hall–Kier alpha value is -0.930. The van der Waals surface area contributed by atoms with Gasteiger partial charge < -0.3 is 5.32 Å². The van der Waals surface area contributed by atoms with Crippen molar-refractivity contribution in [3.8, 4) is 0 Å². The topological polar surface area (TPSA) is 29.1 Å². The van der Waals surface area contributed by atoms with Gasteiger partial charge in [0.1, 0.15) is 0 Å². The summed E-state index contributed by atoms with van der Waals surface area (Å²) in [5, 5.41) is 2.23. The molecule has 1 rings (SSSR count). The van der Waals surface area contributed by atoms with E-state index in [1.165, 1.54) is 6.20 Å². The Morgan fingerprint density at radius 2 is 2.33 bits per heavy atom. The third kappa shape index (κ3) is 1.06. The van der Waals surface area contributed by atoms with Gasteiger partial charge in [0.25, 0.3) is 6.43 Å². The van der Waals surface area contributed by atoms with Crippen LogP contribution in [0.1, 0.15) is 0 Å². The zero-order chi connectivity index (χ0) is 6.85. The van der Waals surface area contributed by atoms with Crippen LogP contribution in [0.25, 0.3) is 0 Å². The summed E-state index contributed by atoms with van der Waals surface area (Å²) in [6.07, 6.45) is -0.261. The van der Waals surface area contributed by atoms with Gasteiger partial charge in [-0.15, -0.1) is 0 Å². The van der Waals surface area contributed by atoms with E-state index in [4.69, 9.17) is 0 Å². The first-order chi connectivity index (χ1) is 4.22. The maximum absolute atomic E-state index is 11.7. The molecular formula is C5H5F2NO. The third-order valence-electron chi connectivity index (χ3n) is 1.08. The van der Waals surface area contributed by atoms with Gasteiger partial charge in [0.05, 0.1) is 0 Å². The normalized spacial score (nSPS) is 25.2. The minimum absolute atomic E-state index is 0.551. The van der Waals surface area contributed by atoms with Crippen LogP contribution in [0.3, 0.4) is 0 Å². The van der Waals surface area contributed by atoms with Crippen LogP contribution in [0.4, 0.5) is 8.78 Å². The van der Waals surface area contributed by atoms with Crippen molar-refractivity contribution in [1.82, 2.24) is 5.32 Å². The van der Waals surface area contributed by atoms with Gasteiger partial charge in [-0.2, -0.15) is 0 Å². The van der Waals surface area contributed by atoms with Crippen LogP contribution in [0.15, 0.2) is 12.3 Å². The quantitative estimate of drug-likeness (QED) is 0.557. The Bertz CT molecular complexity index is 155. The zero-order valence-corrected chi connectivity index (χ0v) is 4.47. The van der Waals surface area contributed by atoms with Crippen LogP contribution in [0, 0.1) is 0 Å². The van der Waals surface area contributed by atoms with Gasteiger partial charge in [0, 0.05) is 6.20 Å². The third-order valence-corrected chi connectivity index (χ3v) is 1.08.